The van der Waals surface area contributed by atoms with Gasteiger partial charge in [0.2, 0.25) is 0 Å². The Hall–Kier alpha value is -2.94. The Morgan fingerprint density at radius 3 is 2.66 bits per heavy atom. The molecule has 29 heavy (non-hydrogen) atoms. The summed E-state index contributed by atoms with van der Waals surface area (Å²) in [7, 11) is 0. The second kappa shape index (κ2) is 6.84. The van der Waals surface area contributed by atoms with Crippen LogP contribution in [0.3, 0.4) is 0 Å². The Balaban J connectivity index is 1.81. The van der Waals surface area contributed by atoms with Crippen LogP contribution in [0.15, 0.2) is 36.5 Å². The van der Waals surface area contributed by atoms with Crippen LogP contribution in [0.4, 0.5) is 19.0 Å². The van der Waals surface area contributed by atoms with Crippen LogP contribution >= 0.6 is 0 Å². The first-order valence-electron chi connectivity index (χ1n) is 9.10. The first-order chi connectivity index (χ1) is 13.7. The first kappa shape index (κ1) is 19.4. The molecule has 152 valence electrons. The molecule has 1 saturated heterocycles. The molecule has 0 aliphatic carbocycles. The normalized spacial score (nSPS) is 19.8. The number of phenols is 1. The van der Waals surface area contributed by atoms with Crippen LogP contribution in [0.25, 0.3) is 22.2 Å². The molecule has 1 aliphatic rings. The summed E-state index contributed by atoms with van der Waals surface area (Å²) in [5, 5.41) is 28.9. The van der Waals surface area contributed by atoms with Gasteiger partial charge in [0.05, 0.1) is 12.2 Å². The third-order valence-corrected chi connectivity index (χ3v) is 5.34. The summed E-state index contributed by atoms with van der Waals surface area (Å²) in [6.07, 6.45) is -2.16. The Labute approximate surface area is 164 Å². The number of benzene rings is 1. The molecule has 0 spiro atoms. The van der Waals surface area contributed by atoms with Crippen molar-refractivity contribution in [2.75, 3.05) is 24.6 Å². The Morgan fingerprint density at radius 1 is 1.21 bits per heavy atom. The fourth-order valence-corrected chi connectivity index (χ4v) is 3.63. The van der Waals surface area contributed by atoms with Crippen LogP contribution in [-0.2, 0) is 6.18 Å². The van der Waals surface area contributed by atoms with Crippen LogP contribution in [0.2, 0.25) is 0 Å². The molecule has 1 atom stereocenters. The number of aromatic nitrogens is 3. The second-order valence-electron chi connectivity index (χ2n) is 7.64. The summed E-state index contributed by atoms with van der Waals surface area (Å²) in [4.78, 5) is 6.40. The maximum Gasteiger partial charge on any atom is 0.416 e. The summed E-state index contributed by atoms with van der Waals surface area (Å²) in [6, 6.07) is 6.21. The molecular formula is C20H19F3N4O2. The number of halogens is 3. The molecule has 1 unspecified atom stereocenters. The van der Waals surface area contributed by atoms with E-state index in [1.54, 1.807) is 18.3 Å². The standard InChI is InChI=1S/C20H19F3N4O2/c1-19(11-28)6-8-27(10-19)18-17-14(3-2-7-24-17)16(25-26-18)13-5-4-12(9-15(13)29)20(21,22)23/h2-5,7,9,28-29H,6,8,10-11H2,1H3. The highest BCUT2D eigenvalue weighted by Gasteiger charge is 2.35. The van der Waals surface area contributed by atoms with E-state index in [1.807, 2.05) is 11.8 Å². The Bertz CT molecular complexity index is 1070. The SMILES string of the molecule is CC1(CO)CCN(c2nnc(-c3ccc(C(F)(F)F)cc3O)c3cccnc23)C1. The van der Waals surface area contributed by atoms with Gasteiger partial charge in [-0.2, -0.15) is 13.2 Å². The van der Waals surface area contributed by atoms with Gasteiger partial charge in [-0.25, -0.2) is 0 Å². The number of anilines is 1. The van der Waals surface area contributed by atoms with Crippen molar-refractivity contribution < 1.29 is 23.4 Å². The number of fused-ring (bicyclic) bond motifs is 1. The highest BCUT2D eigenvalue weighted by molar-refractivity contribution is 5.98. The highest BCUT2D eigenvalue weighted by Crippen LogP contribution is 2.40. The van der Waals surface area contributed by atoms with Crippen LogP contribution in [0.5, 0.6) is 5.75 Å². The number of alkyl halides is 3. The van der Waals surface area contributed by atoms with Crippen molar-refractivity contribution in [1.82, 2.24) is 15.2 Å². The van der Waals surface area contributed by atoms with E-state index in [4.69, 9.17) is 0 Å². The van der Waals surface area contributed by atoms with Gasteiger partial charge in [-0.05, 0) is 36.8 Å². The molecule has 0 amide bonds. The van der Waals surface area contributed by atoms with Gasteiger partial charge in [-0.15, -0.1) is 10.2 Å². The topological polar surface area (TPSA) is 82.4 Å². The van der Waals surface area contributed by atoms with Gasteiger partial charge in [0.15, 0.2) is 5.82 Å². The summed E-state index contributed by atoms with van der Waals surface area (Å²) in [5.41, 5.74) is -0.235. The van der Waals surface area contributed by atoms with E-state index < -0.39 is 17.5 Å². The number of aliphatic hydroxyl groups excluding tert-OH is 1. The minimum Gasteiger partial charge on any atom is -0.507 e. The third-order valence-electron chi connectivity index (χ3n) is 5.34. The second-order valence-corrected chi connectivity index (χ2v) is 7.64. The van der Waals surface area contributed by atoms with Gasteiger partial charge in [0, 0.05) is 35.7 Å². The first-order valence-corrected chi connectivity index (χ1v) is 9.10. The van der Waals surface area contributed by atoms with Crippen molar-refractivity contribution in [2.24, 2.45) is 5.41 Å². The van der Waals surface area contributed by atoms with Crippen molar-refractivity contribution in [2.45, 2.75) is 19.5 Å². The molecule has 3 aromatic rings. The number of nitrogens with zero attached hydrogens (tertiary/aromatic N) is 4. The molecule has 3 heterocycles. The lowest BCUT2D eigenvalue weighted by Crippen LogP contribution is -2.28. The van der Waals surface area contributed by atoms with E-state index in [-0.39, 0.29) is 23.3 Å². The van der Waals surface area contributed by atoms with Gasteiger partial charge >= 0.3 is 6.18 Å². The molecule has 1 aliphatic heterocycles. The molecule has 0 radical (unpaired) electrons. The third kappa shape index (κ3) is 3.46. The molecule has 2 N–H and O–H groups in total. The fraction of sp³-hybridized carbons (Fsp3) is 0.350. The Morgan fingerprint density at radius 2 is 2.00 bits per heavy atom. The summed E-state index contributed by atoms with van der Waals surface area (Å²) in [5.74, 6) is 0.0222. The van der Waals surface area contributed by atoms with Crippen molar-refractivity contribution in [1.29, 1.82) is 0 Å². The van der Waals surface area contributed by atoms with E-state index in [0.29, 0.717) is 35.9 Å². The molecule has 1 aromatic carbocycles. The monoisotopic (exact) mass is 404 g/mol. The molecule has 2 aromatic heterocycles. The summed E-state index contributed by atoms with van der Waals surface area (Å²) >= 11 is 0. The van der Waals surface area contributed by atoms with Crippen LogP contribution < -0.4 is 4.90 Å². The minimum absolute atomic E-state index is 0.0554. The van der Waals surface area contributed by atoms with Crippen LogP contribution in [0.1, 0.15) is 18.9 Å². The average molecular weight is 404 g/mol. The number of pyridine rings is 1. The van der Waals surface area contributed by atoms with Gasteiger partial charge in [0.25, 0.3) is 0 Å². The summed E-state index contributed by atoms with van der Waals surface area (Å²) < 4.78 is 38.7. The molecular weight excluding hydrogens is 385 g/mol. The lowest BCUT2D eigenvalue weighted by atomic mass is 9.91. The fourth-order valence-electron chi connectivity index (χ4n) is 3.63. The number of hydrogen-bond acceptors (Lipinski definition) is 6. The van der Waals surface area contributed by atoms with Crippen molar-refractivity contribution in [3.05, 3.63) is 42.1 Å². The number of hydrogen-bond donors (Lipinski definition) is 2. The van der Waals surface area contributed by atoms with E-state index >= 15 is 0 Å². The van der Waals surface area contributed by atoms with E-state index in [2.05, 4.69) is 15.2 Å². The van der Waals surface area contributed by atoms with Gasteiger partial charge in [-0.3, -0.25) is 4.98 Å². The van der Waals surface area contributed by atoms with Crippen molar-refractivity contribution >= 4 is 16.7 Å². The highest BCUT2D eigenvalue weighted by atomic mass is 19.4. The smallest absolute Gasteiger partial charge is 0.416 e. The molecule has 0 bridgehead atoms. The van der Waals surface area contributed by atoms with Crippen molar-refractivity contribution in [3.8, 4) is 17.0 Å². The van der Waals surface area contributed by atoms with Crippen LogP contribution in [-0.4, -0.2) is 45.1 Å². The average Bonchev–Trinajstić information content (AvgIpc) is 3.09. The zero-order valence-corrected chi connectivity index (χ0v) is 15.6. The predicted octanol–water partition coefficient (Wildman–Crippen LogP) is 3.62. The van der Waals surface area contributed by atoms with Crippen LogP contribution in [0, 0.1) is 5.41 Å². The van der Waals surface area contributed by atoms with E-state index in [1.165, 1.54) is 6.07 Å². The quantitative estimate of drug-likeness (QED) is 0.694. The number of phenolic OH excluding ortho intramolecular Hbond substituents is 1. The zero-order valence-electron chi connectivity index (χ0n) is 15.6. The lowest BCUT2D eigenvalue weighted by molar-refractivity contribution is -0.137. The predicted molar refractivity (Wildman–Crippen MR) is 101 cm³/mol. The number of rotatable bonds is 3. The largest absolute Gasteiger partial charge is 0.507 e. The number of aromatic hydroxyl groups is 1. The molecule has 1 fully saturated rings. The van der Waals surface area contributed by atoms with E-state index in [0.717, 1.165) is 12.5 Å². The van der Waals surface area contributed by atoms with E-state index in [9.17, 15) is 23.4 Å². The molecule has 4 rings (SSSR count). The lowest BCUT2D eigenvalue weighted by Gasteiger charge is -2.23. The molecule has 6 nitrogen and oxygen atoms in total. The molecule has 0 saturated carbocycles. The van der Waals surface area contributed by atoms with Gasteiger partial charge < -0.3 is 15.1 Å². The molecule has 9 heteroatoms. The maximum absolute atomic E-state index is 12.9. The van der Waals surface area contributed by atoms with Gasteiger partial charge in [-0.1, -0.05) is 6.92 Å². The zero-order chi connectivity index (χ0) is 20.8. The van der Waals surface area contributed by atoms with Crippen molar-refractivity contribution in [3.63, 3.8) is 0 Å². The number of aliphatic hydroxyl groups is 1. The minimum atomic E-state index is -4.55. The summed E-state index contributed by atoms with van der Waals surface area (Å²) in [6.45, 7) is 3.32. The Kier molecular flexibility index (Phi) is 4.57. The van der Waals surface area contributed by atoms with Gasteiger partial charge in [0.1, 0.15) is 17.0 Å². The maximum atomic E-state index is 12.9.